The summed E-state index contributed by atoms with van der Waals surface area (Å²) in [4.78, 5) is 0. The van der Waals surface area contributed by atoms with Gasteiger partial charge in [0.2, 0.25) is 0 Å². The fourth-order valence-electron chi connectivity index (χ4n) is 2.09. The molecule has 0 fully saturated rings. The summed E-state index contributed by atoms with van der Waals surface area (Å²) in [6.45, 7) is 12.0. The van der Waals surface area contributed by atoms with E-state index in [9.17, 15) is 4.21 Å². The van der Waals surface area contributed by atoms with E-state index in [1.54, 1.807) is 0 Å². The molecule has 0 heterocycles. The molecule has 0 aliphatic rings. The molecule has 0 aromatic heterocycles. The second kappa shape index (κ2) is 16.7. The lowest BCUT2D eigenvalue weighted by Gasteiger charge is -2.21. The van der Waals surface area contributed by atoms with E-state index >= 15 is 0 Å². The van der Waals surface area contributed by atoms with Gasteiger partial charge in [0.05, 0.1) is 0 Å². The van der Waals surface area contributed by atoms with Crippen LogP contribution < -0.4 is 0 Å². The molecule has 5 heteroatoms. The summed E-state index contributed by atoms with van der Waals surface area (Å²) < 4.78 is 24.0. The average molecular weight is 339 g/mol. The van der Waals surface area contributed by atoms with E-state index in [1.165, 1.54) is 38.1 Å². The SMILES string of the molecule is CCCCCCC[Si](C)(C)OCC.CCCCCS(=O)O. The highest BCUT2D eigenvalue weighted by molar-refractivity contribution is 7.79. The van der Waals surface area contributed by atoms with Crippen molar-refractivity contribution in [3.8, 4) is 0 Å². The van der Waals surface area contributed by atoms with Crippen LogP contribution >= 0.6 is 0 Å². The first-order chi connectivity index (χ1) is 9.89. The fraction of sp³-hybridized carbons (Fsp3) is 1.00. The first kappa shape index (κ1) is 23.6. The Hall–Kier alpha value is 0.287. The molecule has 0 amide bonds. The van der Waals surface area contributed by atoms with Crippen molar-refractivity contribution in [1.82, 2.24) is 0 Å². The highest BCUT2D eigenvalue weighted by Crippen LogP contribution is 2.16. The van der Waals surface area contributed by atoms with Gasteiger partial charge in [-0.25, -0.2) is 4.21 Å². The summed E-state index contributed by atoms with van der Waals surface area (Å²) in [5.74, 6) is 0.438. The number of unbranched alkanes of at least 4 members (excludes halogenated alkanes) is 6. The van der Waals surface area contributed by atoms with E-state index in [0.717, 1.165) is 25.9 Å². The zero-order valence-electron chi connectivity index (χ0n) is 15.0. The Morgan fingerprint density at radius 3 is 1.90 bits per heavy atom. The third kappa shape index (κ3) is 22.7. The van der Waals surface area contributed by atoms with Crippen molar-refractivity contribution >= 4 is 19.4 Å². The highest BCUT2D eigenvalue weighted by atomic mass is 32.2. The number of hydrogen-bond donors (Lipinski definition) is 1. The van der Waals surface area contributed by atoms with Gasteiger partial charge in [-0.1, -0.05) is 58.8 Å². The standard InChI is InChI=1S/C11H26OSi.C5H12O2S/c1-5-7-8-9-10-11-13(3,4)12-6-2;1-2-3-4-5-8(6)7/h5-11H2,1-4H3;2-5H2,1H3,(H,6,7). The minimum absolute atomic E-state index is 0.438. The van der Waals surface area contributed by atoms with Crippen LogP contribution in [-0.4, -0.2) is 29.4 Å². The molecule has 1 unspecified atom stereocenters. The predicted octanol–water partition coefficient (Wildman–Crippen LogP) is 5.60. The molecule has 0 aliphatic carbocycles. The first-order valence-electron chi connectivity index (χ1n) is 8.61. The van der Waals surface area contributed by atoms with Gasteiger partial charge in [0.25, 0.3) is 0 Å². The van der Waals surface area contributed by atoms with Crippen LogP contribution in [0.3, 0.4) is 0 Å². The van der Waals surface area contributed by atoms with Crippen molar-refractivity contribution in [1.29, 1.82) is 0 Å². The zero-order chi connectivity index (χ0) is 16.6. The van der Waals surface area contributed by atoms with Crippen molar-refractivity contribution < 1.29 is 13.2 Å². The van der Waals surface area contributed by atoms with Crippen LogP contribution in [0.15, 0.2) is 0 Å². The molecule has 0 aromatic rings. The molecular weight excluding hydrogens is 300 g/mol. The lowest BCUT2D eigenvalue weighted by atomic mass is 10.2. The number of hydrogen-bond acceptors (Lipinski definition) is 2. The van der Waals surface area contributed by atoms with Crippen LogP contribution in [-0.2, 0) is 15.5 Å². The zero-order valence-corrected chi connectivity index (χ0v) is 16.8. The summed E-state index contributed by atoms with van der Waals surface area (Å²) in [7, 11) is -1.26. The van der Waals surface area contributed by atoms with E-state index in [1.807, 2.05) is 0 Å². The van der Waals surface area contributed by atoms with E-state index in [4.69, 9.17) is 8.98 Å². The van der Waals surface area contributed by atoms with E-state index in [-0.39, 0.29) is 0 Å². The average Bonchev–Trinajstić information content (AvgIpc) is 2.39. The Labute approximate surface area is 136 Å². The molecule has 0 aromatic carbocycles. The molecule has 21 heavy (non-hydrogen) atoms. The van der Waals surface area contributed by atoms with Gasteiger partial charge >= 0.3 is 0 Å². The van der Waals surface area contributed by atoms with Crippen molar-refractivity contribution in [3.05, 3.63) is 0 Å². The van der Waals surface area contributed by atoms with Gasteiger partial charge in [0.1, 0.15) is 0 Å². The van der Waals surface area contributed by atoms with E-state index in [0.29, 0.717) is 5.75 Å². The first-order valence-corrected chi connectivity index (χ1v) is 13.0. The molecule has 0 rings (SSSR count). The van der Waals surface area contributed by atoms with Crippen molar-refractivity contribution in [2.24, 2.45) is 0 Å². The van der Waals surface area contributed by atoms with E-state index in [2.05, 4.69) is 33.9 Å². The Balaban J connectivity index is 0. The topological polar surface area (TPSA) is 46.5 Å². The Kier molecular flexibility index (Phi) is 18.7. The van der Waals surface area contributed by atoms with Crippen LogP contribution in [0.2, 0.25) is 19.1 Å². The fourth-order valence-corrected chi connectivity index (χ4v) is 4.57. The summed E-state index contributed by atoms with van der Waals surface area (Å²) in [6, 6.07) is 1.34. The molecule has 1 atom stereocenters. The van der Waals surface area contributed by atoms with E-state index < -0.39 is 19.4 Å². The Bertz CT molecular complexity index is 236. The molecule has 3 nitrogen and oxygen atoms in total. The lowest BCUT2D eigenvalue weighted by Crippen LogP contribution is -2.29. The monoisotopic (exact) mass is 338 g/mol. The second-order valence-electron chi connectivity index (χ2n) is 6.09. The van der Waals surface area contributed by atoms with Gasteiger partial charge in [-0.3, -0.25) is 0 Å². The van der Waals surface area contributed by atoms with Crippen LogP contribution in [0.25, 0.3) is 0 Å². The van der Waals surface area contributed by atoms with Crippen molar-refractivity contribution in [2.45, 2.75) is 91.3 Å². The van der Waals surface area contributed by atoms with Gasteiger partial charge in [0, 0.05) is 12.4 Å². The normalized spacial score (nSPS) is 12.7. The maximum atomic E-state index is 9.99. The minimum Gasteiger partial charge on any atom is -0.418 e. The summed E-state index contributed by atoms with van der Waals surface area (Å²) in [5.41, 5.74) is 0. The van der Waals surface area contributed by atoms with Gasteiger partial charge in [0.15, 0.2) is 19.4 Å². The van der Waals surface area contributed by atoms with Gasteiger partial charge in [-0.15, -0.1) is 0 Å². The second-order valence-corrected chi connectivity index (χ2v) is 11.4. The molecule has 0 aliphatic heterocycles. The van der Waals surface area contributed by atoms with Gasteiger partial charge < -0.3 is 8.98 Å². The van der Waals surface area contributed by atoms with Crippen LogP contribution in [0.1, 0.15) is 72.1 Å². The highest BCUT2D eigenvalue weighted by Gasteiger charge is 2.20. The molecule has 0 radical (unpaired) electrons. The predicted molar refractivity (Wildman–Crippen MR) is 97.8 cm³/mol. The van der Waals surface area contributed by atoms with Crippen molar-refractivity contribution in [3.63, 3.8) is 0 Å². The minimum atomic E-state index is -1.57. The molecule has 0 bridgehead atoms. The molecule has 130 valence electrons. The van der Waals surface area contributed by atoms with Crippen molar-refractivity contribution in [2.75, 3.05) is 12.4 Å². The summed E-state index contributed by atoms with van der Waals surface area (Å²) in [5, 5.41) is 0. The maximum absolute atomic E-state index is 9.99. The smallest absolute Gasteiger partial charge is 0.186 e. The Morgan fingerprint density at radius 2 is 1.43 bits per heavy atom. The van der Waals surface area contributed by atoms with Crippen LogP contribution in [0.4, 0.5) is 0 Å². The third-order valence-electron chi connectivity index (χ3n) is 3.34. The number of rotatable bonds is 12. The molecular formula is C16H38O3SSi. The van der Waals surface area contributed by atoms with Gasteiger partial charge in [-0.05, 0) is 32.5 Å². The molecule has 0 saturated carbocycles. The van der Waals surface area contributed by atoms with Crippen LogP contribution in [0, 0.1) is 0 Å². The molecule has 0 spiro atoms. The molecule has 0 saturated heterocycles. The maximum Gasteiger partial charge on any atom is 0.186 e. The summed E-state index contributed by atoms with van der Waals surface area (Å²) in [6.07, 6.45) is 9.97. The molecule has 1 N–H and O–H groups in total. The quantitative estimate of drug-likeness (QED) is 0.286. The Morgan fingerprint density at radius 1 is 0.905 bits per heavy atom. The van der Waals surface area contributed by atoms with Crippen LogP contribution in [0.5, 0.6) is 0 Å². The van der Waals surface area contributed by atoms with Gasteiger partial charge in [-0.2, -0.15) is 0 Å². The largest absolute Gasteiger partial charge is 0.418 e. The lowest BCUT2D eigenvalue weighted by molar-refractivity contribution is 0.327. The summed E-state index contributed by atoms with van der Waals surface area (Å²) >= 11 is -1.57. The third-order valence-corrected chi connectivity index (χ3v) is 6.61.